The number of thiazole rings is 1. The number of ether oxygens (including phenoxy) is 2. The Morgan fingerprint density at radius 3 is 2.50 bits per heavy atom. The largest absolute Gasteiger partial charge is 0.494 e. The van der Waals surface area contributed by atoms with Gasteiger partial charge in [0.2, 0.25) is 10.0 Å². The number of nitrogens with zero attached hydrogens (tertiary/aromatic N) is 4. The second-order valence-electron chi connectivity index (χ2n) is 9.82. The number of rotatable bonds is 11. The number of hydrogen-bond donors (Lipinski definition) is 0. The highest BCUT2D eigenvalue weighted by Gasteiger charge is 2.27. The van der Waals surface area contributed by atoms with E-state index in [9.17, 15) is 13.2 Å². The molecule has 1 aliphatic rings. The van der Waals surface area contributed by atoms with Crippen LogP contribution in [0.3, 0.4) is 0 Å². The number of carbonyl (C=O) groups is 1. The van der Waals surface area contributed by atoms with Crippen LogP contribution in [-0.4, -0.2) is 89.1 Å². The minimum atomic E-state index is -3.70. The first-order valence-corrected chi connectivity index (χ1v) is 15.0. The Morgan fingerprint density at radius 1 is 1.13 bits per heavy atom. The van der Waals surface area contributed by atoms with Crippen molar-refractivity contribution in [2.45, 2.75) is 37.2 Å². The van der Waals surface area contributed by atoms with Gasteiger partial charge in [-0.15, -0.1) is 0 Å². The summed E-state index contributed by atoms with van der Waals surface area (Å²) >= 11 is 1.46. The summed E-state index contributed by atoms with van der Waals surface area (Å²) in [6, 6.07) is 10.0. The van der Waals surface area contributed by atoms with Crippen LogP contribution in [-0.2, 0) is 14.8 Å². The van der Waals surface area contributed by atoms with Gasteiger partial charge in [-0.25, -0.2) is 13.4 Å². The van der Waals surface area contributed by atoms with E-state index in [2.05, 4.69) is 4.90 Å². The molecule has 1 atom stereocenters. The number of benzene rings is 2. The minimum absolute atomic E-state index is 0.0811. The van der Waals surface area contributed by atoms with Crippen LogP contribution in [0.5, 0.6) is 5.75 Å². The number of aryl methyl sites for hydroxylation is 1. The van der Waals surface area contributed by atoms with E-state index in [0.29, 0.717) is 36.1 Å². The van der Waals surface area contributed by atoms with Crippen molar-refractivity contribution in [2.24, 2.45) is 0 Å². The van der Waals surface area contributed by atoms with Gasteiger partial charge in [0.1, 0.15) is 11.3 Å². The van der Waals surface area contributed by atoms with Crippen LogP contribution < -0.4 is 9.64 Å². The smallest absolute Gasteiger partial charge is 0.260 e. The first kappa shape index (κ1) is 28.4. The van der Waals surface area contributed by atoms with Crippen molar-refractivity contribution in [3.8, 4) is 5.75 Å². The van der Waals surface area contributed by atoms with Crippen molar-refractivity contribution in [1.82, 2.24) is 14.2 Å². The Kier molecular flexibility index (Phi) is 9.04. The number of likely N-dealkylation sites (N-methyl/N-ethyl adjacent to an activating group) is 1. The lowest BCUT2D eigenvalue weighted by molar-refractivity contribution is 0.0978. The molecule has 2 heterocycles. The molecule has 0 bridgehead atoms. The van der Waals surface area contributed by atoms with E-state index in [-0.39, 0.29) is 16.9 Å². The van der Waals surface area contributed by atoms with E-state index in [1.165, 1.54) is 27.8 Å². The zero-order chi connectivity index (χ0) is 27.4. The molecule has 1 unspecified atom stereocenters. The van der Waals surface area contributed by atoms with Gasteiger partial charge in [0, 0.05) is 32.3 Å². The van der Waals surface area contributed by atoms with Crippen LogP contribution in [0.15, 0.2) is 41.3 Å². The van der Waals surface area contributed by atoms with Gasteiger partial charge in [-0.3, -0.25) is 9.69 Å². The molecule has 4 rings (SSSR count). The van der Waals surface area contributed by atoms with Gasteiger partial charge in [-0.05, 0) is 82.7 Å². The highest BCUT2D eigenvalue weighted by molar-refractivity contribution is 7.89. The van der Waals surface area contributed by atoms with Crippen LogP contribution in [0.4, 0.5) is 5.13 Å². The molecule has 1 fully saturated rings. The molecule has 38 heavy (non-hydrogen) atoms. The van der Waals surface area contributed by atoms with Crippen molar-refractivity contribution >= 4 is 42.6 Å². The topological polar surface area (TPSA) is 92.3 Å². The quantitative estimate of drug-likeness (QED) is 0.350. The standard InChI is InChI=1S/C27H36N4O5S2/c1-19-9-14-23(35-5)24-25(19)37-27(28-24)31(16-7-15-29(2)3)26(32)20-10-12-22(13-11-20)38(33,34)30(4)18-21-8-6-17-36-21/h9-14,21H,6-8,15-18H2,1-5H3. The number of carbonyl (C=O) groups excluding carboxylic acids is 1. The summed E-state index contributed by atoms with van der Waals surface area (Å²) in [6.07, 6.45) is 2.48. The molecule has 1 aliphatic heterocycles. The normalized spacial score (nSPS) is 16.0. The predicted octanol–water partition coefficient (Wildman–Crippen LogP) is 4.01. The lowest BCUT2D eigenvalue weighted by Gasteiger charge is -2.22. The van der Waals surface area contributed by atoms with E-state index in [1.807, 2.05) is 33.2 Å². The Morgan fingerprint density at radius 2 is 1.87 bits per heavy atom. The van der Waals surface area contributed by atoms with Crippen molar-refractivity contribution in [3.05, 3.63) is 47.5 Å². The number of methoxy groups -OCH3 is 1. The second kappa shape index (κ2) is 12.1. The van der Waals surface area contributed by atoms with Crippen LogP contribution >= 0.6 is 11.3 Å². The molecular formula is C27H36N4O5S2. The highest BCUT2D eigenvalue weighted by Crippen LogP contribution is 2.37. The van der Waals surface area contributed by atoms with Crippen LogP contribution in [0, 0.1) is 6.92 Å². The summed E-state index contributed by atoms with van der Waals surface area (Å²) in [5.74, 6) is 0.437. The van der Waals surface area contributed by atoms with E-state index in [4.69, 9.17) is 14.5 Å². The molecule has 0 spiro atoms. The SMILES string of the molecule is COc1ccc(C)c2sc(N(CCCN(C)C)C(=O)c3ccc(S(=O)(=O)N(C)CC4CCCO4)cc3)nc12. The Labute approximate surface area is 229 Å². The van der Waals surface area contributed by atoms with E-state index < -0.39 is 10.0 Å². The molecule has 0 aliphatic carbocycles. The van der Waals surface area contributed by atoms with E-state index >= 15 is 0 Å². The summed E-state index contributed by atoms with van der Waals surface area (Å²) in [6.45, 7) is 4.27. The maximum Gasteiger partial charge on any atom is 0.260 e. The zero-order valence-corrected chi connectivity index (χ0v) is 24.3. The summed E-state index contributed by atoms with van der Waals surface area (Å²) in [5.41, 5.74) is 2.19. The average Bonchev–Trinajstić information content (AvgIpc) is 3.57. The Balaban J connectivity index is 1.60. The number of anilines is 1. The number of hydrogen-bond acceptors (Lipinski definition) is 8. The maximum atomic E-state index is 13.7. The fraction of sp³-hybridized carbons (Fsp3) is 0.481. The van der Waals surface area contributed by atoms with Gasteiger partial charge in [0.05, 0.1) is 22.8 Å². The Bertz CT molecular complexity index is 1370. The summed E-state index contributed by atoms with van der Waals surface area (Å²) in [7, 11) is 3.46. The minimum Gasteiger partial charge on any atom is -0.494 e. The number of fused-ring (bicyclic) bond motifs is 1. The van der Waals surface area contributed by atoms with Gasteiger partial charge in [0.25, 0.3) is 5.91 Å². The van der Waals surface area contributed by atoms with Gasteiger partial charge < -0.3 is 14.4 Å². The molecule has 3 aromatic rings. The third kappa shape index (κ3) is 6.18. The fourth-order valence-corrected chi connectivity index (χ4v) is 6.76. The highest BCUT2D eigenvalue weighted by atomic mass is 32.2. The van der Waals surface area contributed by atoms with E-state index in [0.717, 1.165) is 41.6 Å². The molecule has 9 nitrogen and oxygen atoms in total. The first-order chi connectivity index (χ1) is 18.1. The third-order valence-corrected chi connectivity index (χ3v) is 9.72. The monoisotopic (exact) mass is 560 g/mol. The lowest BCUT2D eigenvalue weighted by atomic mass is 10.2. The van der Waals surface area contributed by atoms with Gasteiger partial charge in [0.15, 0.2) is 5.13 Å². The van der Waals surface area contributed by atoms with Gasteiger partial charge in [-0.1, -0.05) is 17.4 Å². The summed E-state index contributed by atoms with van der Waals surface area (Å²) in [4.78, 5) is 22.4. The molecule has 1 amide bonds. The predicted molar refractivity (Wildman–Crippen MR) is 151 cm³/mol. The summed E-state index contributed by atoms with van der Waals surface area (Å²) < 4.78 is 39.6. The molecule has 0 saturated carbocycles. The number of amides is 1. The van der Waals surface area contributed by atoms with Crippen molar-refractivity contribution < 1.29 is 22.7 Å². The van der Waals surface area contributed by atoms with Crippen LogP contribution in [0.25, 0.3) is 10.2 Å². The molecule has 1 aromatic heterocycles. The van der Waals surface area contributed by atoms with Gasteiger partial charge >= 0.3 is 0 Å². The number of sulfonamides is 1. The van der Waals surface area contributed by atoms with Crippen molar-refractivity contribution in [1.29, 1.82) is 0 Å². The van der Waals surface area contributed by atoms with Crippen molar-refractivity contribution in [3.63, 3.8) is 0 Å². The molecule has 0 radical (unpaired) electrons. The molecule has 0 N–H and O–H groups in total. The second-order valence-corrected chi connectivity index (χ2v) is 12.8. The maximum absolute atomic E-state index is 13.7. The fourth-order valence-electron chi connectivity index (χ4n) is 4.49. The number of aromatic nitrogens is 1. The molecular weight excluding hydrogens is 524 g/mol. The third-order valence-electron chi connectivity index (χ3n) is 6.67. The van der Waals surface area contributed by atoms with Crippen LogP contribution in [0.1, 0.15) is 35.2 Å². The van der Waals surface area contributed by atoms with Gasteiger partial charge in [-0.2, -0.15) is 4.31 Å². The Hall–Kier alpha value is -2.57. The molecule has 206 valence electrons. The van der Waals surface area contributed by atoms with E-state index in [1.54, 1.807) is 31.2 Å². The molecule has 2 aromatic carbocycles. The average molecular weight is 561 g/mol. The summed E-state index contributed by atoms with van der Waals surface area (Å²) in [5, 5.41) is 0.587. The van der Waals surface area contributed by atoms with Crippen molar-refractivity contribution in [2.75, 3.05) is 59.4 Å². The lowest BCUT2D eigenvalue weighted by Crippen LogP contribution is -2.34. The molecule has 11 heteroatoms. The first-order valence-electron chi connectivity index (χ1n) is 12.7. The zero-order valence-electron chi connectivity index (χ0n) is 22.6. The molecule has 1 saturated heterocycles. The van der Waals surface area contributed by atoms with Crippen LogP contribution in [0.2, 0.25) is 0 Å².